The van der Waals surface area contributed by atoms with E-state index in [0.717, 1.165) is 22.7 Å². The SMILES string of the molecule is CC(C)c1ccc(NCC(=O)NCCc2cccc(Cl)c2)cc1. The summed E-state index contributed by atoms with van der Waals surface area (Å²) in [4.78, 5) is 11.8. The zero-order valence-electron chi connectivity index (χ0n) is 13.6. The van der Waals surface area contributed by atoms with Crippen LogP contribution >= 0.6 is 11.6 Å². The van der Waals surface area contributed by atoms with Gasteiger partial charge in [-0.05, 0) is 47.7 Å². The number of benzene rings is 2. The van der Waals surface area contributed by atoms with Gasteiger partial charge in [-0.25, -0.2) is 0 Å². The molecule has 0 aliphatic carbocycles. The summed E-state index contributed by atoms with van der Waals surface area (Å²) in [5.41, 5.74) is 3.37. The van der Waals surface area contributed by atoms with Crippen molar-refractivity contribution >= 4 is 23.2 Å². The van der Waals surface area contributed by atoms with E-state index in [4.69, 9.17) is 11.6 Å². The van der Waals surface area contributed by atoms with Gasteiger partial charge in [0.15, 0.2) is 0 Å². The number of carbonyl (C=O) groups is 1. The van der Waals surface area contributed by atoms with E-state index in [2.05, 4.69) is 36.6 Å². The van der Waals surface area contributed by atoms with Crippen LogP contribution < -0.4 is 10.6 Å². The van der Waals surface area contributed by atoms with E-state index in [9.17, 15) is 4.79 Å². The number of halogens is 1. The van der Waals surface area contributed by atoms with Gasteiger partial charge >= 0.3 is 0 Å². The third kappa shape index (κ3) is 5.95. The predicted molar refractivity (Wildman–Crippen MR) is 97.2 cm³/mol. The van der Waals surface area contributed by atoms with Crippen molar-refractivity contribution in [2.45, 2.75) is 26.2 Å². The van der Waals surface area contributed by atoms with Crippen molar-refractivity contribution in [3.63, 3.8) is 0 Å². The number of hydrogen-bond acceptors (Lipinski definition) is 2. The highest BCUT2D eigenvalue weighted by atomic mass is 35.5. The van der Waals surface area contributed by atoms with Crippen molar-refractivity contribution in [3.8, 4) is 0 Å². The van der Waals surface area contributed by atoms with E-state index >= 15 is 0 Å². The molecule has 2 aromatic carbocycles. The van der Waals surface area contributed by atoms with Crippen LogP contribution in [0.4, 0.5) is 5.69 Å². The molecule has 2 N–H and O–H groups in total. The van der Waals surface area contributed by atoms with Crippen LogP contribution in [0.15, 0.2) is 48.5 Å². The Balaban J connectivity index is 1.70. The normalized spacial score (nSPS) is 10.6. The van der Waals surface area contributed by atoms with Gasteiger partial charge in [-0.3, -0.25) is 4.79 Å². The van der Waals surface area contributed by atoms with E-state index in [0.29, 0.717) is 12.5 Å². The molecule has 4 heteroatoms. The summed E-state index contributed by atoms with van der Waals surface area (Å²) < 4.78 is 0. The summed E-state index contributed by atoms with van der Waals surface area (Å²) in [6, 6.07) is 15.9. The van der Waals surface area contributed by atoms with Crippen molar-refractivity contribution < 1.29 is 4.79 Å². The van der Waals surface area contributed by atoms with Crippen LogP contribution in [-0.2, 0) is 11.2 Å². The Hall–Kier alpha value is -2.00. The highest BCUT2D eigenvalue weighted by molar-refractivity contribution is 6.30. The molecular formula is C19H23ClN2O. The zero-order valence-corrected chi connectivity index (χ0v) is 14.4. The highest BCUT2D eigenvalue weighted by Gasteiger charge is 2.03. The molecule has 0 radical (unpaired) electrons. The fraction of sp³-hybridized carbons (Fsp3) is 0.316. The lowest BCUT2D eigenvalue weighted by atomic mass is 10.0. The zero-order chi connectivity index (χ0) is 16.7. The molecule has 3 nitrogen and oxygen atoms in total. The topological polar surface area (TPSA) is 41.1 Å². The molecule has 2 rings (SSSR count). The molecule has 2 aromatic rings. The van der Waals surface area contributed by atoms with Gasteiger partial charge in [0, 0.05) is 17.3 Å². The number of hydrogen-bond donors (Lipinski definition) is 2. The third-order valence-electron chi connectivity index (χ3n) is 3.66. The first-order valence-corrected chi connectivity index (χ1v) is 8.27. The predicted octanol–water partition coefficient (Wildman–Crippen LogP) is 4.23. The van der Waals surface area contributed by atoms with Gasteiger partial charge in [0.2, 0.25) is 5.91 Å². The fourth-order valence-corrected chi connectivity index (χ4v) is 2.48. The van der Waals surface area contributed by atoms with Gasteiger partial charge in [-0.2, -0.15) is 0 Å². The summed E-state index contributed by atoms with van der Waals surface area (Å²) in [7, 11) is 0. The molecule has 122 valence electrons. The molecule has 0 saturated heterocycles. The average Bonchev–Trinajstić information content (AvgIpc) is 2.53. The fourth-order valence-electron chi connectivity index (χ4n) is 2.27. The van der Waals surface area contributed by atoms with Gasteiger partial charge in [0.25, 0.3) is 0 Å². The average molecular weight is 331 g/mol. The van der Waals surface area contributed by atoms with Gasteiger partial charge in [0.05, 0.1) is 6.54 Å². The smallest absolute Gasteiger partial charge is 0.239 e. The molecule has 0 unspecified atom stereocenters. The summed E-state index contributed by atoms with van der Waals surface area (Å²) in [6.45, 7) is 5.20. The van der Waals surface area contributed by atoms with Crippen LogP contribution in [0, 0.1) is 0 Å². The quantitative estimate of drug-likeness (QED) is 0.797. The minimum atomic E-state index is -0.0139. The van der Waals surface area contributed by atoms with Crippen molar-refractivity contribution in [1.82, 2.24) is 5.32 Å². The second-order valence-corrected chi connectivity index (χ2v) is 6.30. The van der Waals surface area contributed by atoms with Crippen molar-refractivity contribution in [2.24, 2.45) is 0 Å². The van der Waals surface area contributed by atoms with E-state index in [1.165, 1.54) is 5.56 Å². The van der Waals surface area contributed by atoms with Crippen LogP contribution in [0.25, 0.3) is 0 Å². The first kappa shape index (κ1) is 17.4. The molecule has 0 saturated carbocycles. The molecule has 23 heavy (non-hydrogen) atoms. The van der Waals surface area contributed by atoms with E-state index < -0.39 is 0 Å². The molecule has 0 aliphatic heterocycles. The molecule has 0 aliphatic rings. The van der Waals surface area contributed by atoms with Crippen LogP contribution in [0.1, 0.15) is 30.9 Å². The first-order valence-electron chi connectivity index (χ1n) is 7.89. The van der Waals surface area contributed by atoms with Crippen molar-refractivity contribution in [1.29, 1.82) is 0 Å². The van der Waals surface area contributed by atoms with E-state index in [1.807, 2.05) is 36.4 Å². The molecule has 1 amide bonds. The third-order valence-corrected chi connectivity index (χ3v) is 3.89. The summed E-state index contributed by atoms with van der Waals surface area (Å²) in [5.74, 6) is 0.499. The maximum atomic E-state index is 11.8. The van der Waals surface area contributed by atoms with Gasteiger partial charge in [0.1, 0.15) is 0 Å². The maximum absolute atomic E-state index is 11.8. The first-order chi connectivity index (χ1) is 11.0. The second-order valence-electron chi connectivity index (χ2n) is 5.86. The highest BCUT2D eigenvalue weighted by Crippen LogP contribution is 2.16. The Morgan fingerprint density at radius 3 is 2.52 bits per heavy atom. The Kier molecular flexibility index (Phi) is 6.48. The minimum Gasteiger partial charge on any atom is -0.376 e. The van der Waals surface area contributed by atoms with Crippen LogP contribution in [0.5, 0.6) is 0 Å². The molecule has 0 aromatic heterocycles. The Morgan fingerprint density at radius 2 is 1.87 bits per heavy atom. The molecule has 0 bridgehead atoms. The lowest BCUT2D eigenvalue weighted by Gasteiger charge is -2.10. The molecule has 0 fully saturated rings. The van der Waals surface area contributed by atoms with Gasteiger partial charge < -0.3 is 10.6 Å². The van der Waals surface area contributed by atoms with Crippen LogP contribution in [0.2, 0.25) is 5.02 Å². The lowest BCUT2D eigenvalue weighted by molar-refractivity contribution is -0.119. The number of carbonyl (C=O) groups excluding carboxylic acids is 1. The molecular weight excluding hydrogens is 308 g/mol. The van der Waals surface area contributed by atoms with Crippen LogP contribution in [-0.4, -0.2) is 19.0 Å². The Bertz CT molecular complexity index is 638. The van der Waals surface area contributed by atoms with Crippen LogP contribution in [0.3, 0.4) is 0 Å². The van der Waals surface area contributed by atoms with Gasteiger partial charge in [-0.15, -0.1) is 0 Å². The Morgan fingerprint density at radius 1 is 1.13 bits per heavy atom. The summed E-state index contributed by atoms with van der Waals surface area (Å²) in [5, 5.41) is 6.76. The monoisotopic (exact) mass is 330 g/mol. The lowest BCUT2D eigenvalue weighted by Crippen LogP contribution is -2.31. The van der Waals surface area contributed by atoms with E-state index in [1.54, 1.807) is 0 Å². The molecule has 0 atom stereocenters. The maximum Gasteiger partial charge on any atom is 0.239 e. The van der Waals surface area contributed by atoms with Crippen molar-refractivity contribution in [3.05, 3.63) is 64.7 Å². The van der Waals surface area contributed by atoms with E-state index in [-0.39, 0.29) is 12.5 Å². The second kappa shape index (κ2) is 8.59. The standard InChI is InChI=1S/C19H23ClN2O/c1-14(2)16-6-8-18(9-7-16)22-13-19(23)21-11-10-15-4-3-5-17(20)12-15/h3-9,12,14,22H,10-11,13H2,1-2H3,(H,21,23). The number of anilines is 1. The summed E-state index contributed by atoms with van der Waals surface area (Å²) >= 11 is 5.94. The van der Waals surface area contributed by atoms with Crippen molar-refractivity contribution in [2.75, 3.05) is 18.4 Å². The number of nitrogens with one attached hydrogen (secondary N) is 2. The largest absolute Gasteiger partial charge is 0.376 e. The molecule has 0 spiro atoms. The number of amides is 1. The molecule has 0 heterocycles. The van der Waals surface area contributed by atoms with Gasteiger partial charge in [-0.1, -0.05) is 49.7 Å². The Labute approximate surface area is 143 Å². The summed E-state index contributed by atoms with van der Waals surface area (Å²) in [6.07, 6.45) is 0.773. The minimum absolute atomic E-state index is 0.0139. The number of rotatable bonds is 7.